The predicted molar refractivity (Wildman–Crippen MR) is 96.6 cm³/mol. The highest BCUT2D eigenvalue weighted by Crippen LogP contribution is 2.31. The Morgan fingerprint density at radius 3 is 2.41 bits per heavy atom. The van der Waals surface area contributed by atoms with Crippen molar-refractivity contribution < 1.29 is 13.2 Å². The molecular formula is C19H16F3N5. The van der Waals surface area contributed by atoms with Crippen molar-refractivity contribution in [3.05, 3.63) is 60.4 Å². The lowest BCUT2D eigenvalue weighted by Gasteiger charge is -2.12. The quantitative estimate of drug-likeness (QED) is 0.670. The van der Waals surface area contributed by atoms with E-state index in [0.29, 0.717) is 29.2 Å². The zero-order valence-electron chi connectivity index (χ0n) is 14.2. The van der Waals surface area contributed by atoms with E-state index in [9.17, 15) is 13.2 Å². The van der Waals surface area contributed by atoms with Gasteiger partial charge in [-0.05, 0) is 49.2 Å². The molecule has 2 N–H and O–H groups in total. The van der Waals surface area contributed by atoms with Gasteiger partial charge in [0.15, 0.2) is 0 Å². The minimum Gasteiger partial charge on any atom is -0.351 e. The molecule has 8 heteroatoms. The molecule has 0 saturated heterocycles. The van der Waals surface area contributed by atoms with Gasteiger partial charge in [-0.1, -0.05) is 0 Å². The number of halogens is 3. The van der Waals surface area contributed by atoms with E-state index >= 15 is 0 Å². The van der Waals surface area contributed by atoms with Gasteiger partial charge >= 0.3 is 6.18 Å². The van der Waals surface area contributed by atoms with Crippen molar-refractivity contribution in [2.75, 3.05) is 10.6 Å². The molecule has 2 aromatic heterocycles. The first kappa shape index (κ1) is 17.3. The fraction of sp³-hybridized carbons (Fsp3) is 0.211. The Kier molecular flexibility index (Phi) is 4.39. The lowest BCUT2D eigenvalue weighted by atomic mass is 10.2. The second-order valence-corrected chi connectivity index (χ2v) is 6.32. The van der Waals surface area contributed by atoms with Crippen LogP contribution < -0.4 is 10.6 Å². The maximum atomic E-state index is 12.7. The number of aromatic nitrogens is 3. The van der Waals surface area contributed by atoms with Crippen LogP contribution in [0.2, 0.25) is 0 Å². The van der Waals surface area contributed by atoms with Crippen LogP contribution in [-0.2, 0) is 6.18 Å². The molecule has 27 heavy (non-hydrogen) atoms. The summed E-state index contributed by atoms with van der Waals surface area (Å²) in [6.45, 7) is 0. The summed E-state index contributed by atoms with van der Waals surface area (Å²) in [6, 6.07) is 10.6. The molecule has 138 valence electrons. The van der Waals surface area contributed by atoms with Gasteiger partial charge < -0.3 is 10.6 Å². The number of nitrogens with zero attached hydrogens (tertiary/aromatic N) is 3. The smallest absolute Gasteiger partial charge is 0.351 e. The molecule has 1 aromatic carbocycles. The van der Waals surface area contributed by atoms with Crippen molar-refractivity contribution in [1.82, 2.24) is 15.0 Å². The first-order valence-corrected chi connectivity index (χ1v) is 8.48. The molecular weight excluding hydrogens is 355 g/mol. The van der Waals surface area contributed by atoms with Gasteiger partial charge in [0.05, 0.1) is 11.3 Å². The van der Waals surface area contributed by atoms with E-state index in [1.165, 1.54) is 12.1 Å². The second kappa shape index (κ2) is 6.86. The third-order valence-electron chi connectivity index (χ3n) is 4.08. The fourth-order valence-electron chi connectivity index (χ4n) is 2.54. The summed E-state index contributed by atoms with van der Waals surface area (Å²) in [6.07, 6.45) is 1.16. The van der Waals surface area contributed by atoms with E-state index < -0.39 is 11.7 Å². The summed E-state index contributed by atoms with van der Waals surface area (Å²) in [5.41, 5.74) is 1.32. The topological polar surface area (TPSA) is 62.7 Å². The zero-order valence-corrected chi connectivity index (χ0v) is 14.2. The average molecular weight is 371 g/mol. The standard InChI is InChI=1S/C19H16F3N5/c20-19(21,22)13-3-5-14(6-4-13)24-17-10-16(12-2-1-9-23-11-12)26-18(27-17)25-15-7-8-15/h1-6,9-11,15H,7-8H2,(H2,24,25,26,27). The Hall–Kier alpha value is -3.16. The molecule has 1 aliphatic rings. The maximum Gasteiger partial charge on any atom is 0.416 e. The van der Waals surface area contributed by atoms with Gasteiger partial charge in [-0.25, -0.2) is 4.98 Å². The van der Waals surface area contributed by atoms with Crippen molar-refractivity contribution in [2.45, 2.75) is 25.1 Å². The summed E-state index contributed by atoms with van der Waals surface area (Å²) in [7, 11) is 0. The van der Waals surface area contributed by atoms with E-state index in [1.807, 2.05) is 12.1 Å². The number of nitrogens with one attached hydrogen (secondary N) is 2. The molecule has 0 bridgehead atoms. The molecule has 1 aliphatic carbocycles. The van der Waals surface area contributed by atoms with Gasteiger partial charge in [0.25, 0.3) is 0 Å². The van der Waals surface area contributed by atoms with Crippen molar-refractivity contribution in [3.63, 3.8) is 0 Å². The number of hydrogen-bond donors (Lipinski definition) is 2. The SMILES string of the molecule is FC(F)(F)c1ccc(Nc2cc(-c3cccnc3)nc(NC3CC3)n2)cc1. The zero-order chi connectivity index (χ0) is 18.9. The first-order chi connectivity index (χ1) is 13.0. The number of alkyl halides is 3. The van der Waals surface area contributed by atoms with E-state index in [2.05, 4.69) is 25.6 Å². The van der Waals surface area contributed by atoms with Crippen molar-refractivity contribution in [2.24, 2.45) is 0 Å². The molecule has 5 nitrogen and oxygen atoms in total. The Labute approximate surface area is 153 Å². The Balaban J connectivity index is 1.63. The van der Waals surface area contributed by atoms with Crippen LogP contribution in [0, 0.1) is 0 Å². The summed E-state index contributed by atoms with van der Waals surface area (Å²) < 4.78 is 38.1. The molecule has 0 radical (unpaired) electrons. The molecule has 0 atom stereocenters. The van der Waals surface area contributed by atoms with Gasteiger partial charge in [-0.15, -0.1) is 0 Å². The highest BCUT2D eigenvalue weighted by molar-refractivity contribution is 5.67. The van der Waals surface area contributed by atoms with E-state index in [-0.39, 0.29) is 0 Å². The second-order valence-electron chi connectivity index (χ2n) is 6.32. The number of rotatable bonds is 5. The maximum absolute atomic E-state index is 12.7. The van der Waals surface area contributed by atoms with Crippen molar-refractivity contribution >= 4 is 17.5 Å². The van der Waals surface area contributed by atoms with Gasteiger partial charge in [-0.3, -0.25) is 4.98 Å². The monoisotopic (exact) mass is 371 g/mol. The highest BCUT2D eigenvalue weighted by atomic mass is 19.4. The summed E-state index contributed by atoms with van der Waals surface area (Å²) in [5.74, 6) is 0.972. The first-order valence-electron chi connectivity index (χ1n) is 8.48. The van der Waals surface area contributed by atoms with Crippen LogP contribution in [0.4, 0.5) is 30.6 Å². The summed E-state index contributed by atoms with van der Waals surface area (Å²) >= 11 is 0. The van der Waals surface area contributed by atoms with Gasteiger partial charge in [0.1, 0.15) is 5.82 Å². The molecule has 1 fully saturated rings. The van der Waals surface area contributed by atoms with E-state index in [1.54, 1.807) is 18.5 Å². The predicted octanol–water partition coefficient (Wildman–Crippen LogP) is 4.88. The molecule has 1 saturated carbocycles. The number of hydrogen-bond acceptors (Lipinski definition) is 5. The summed E-state index contributed by atoms with van der Waals surface area (Å²) in [4.78, 5) is 13.1. The Morgan fingerprint density at radius 2 is 1.78 bits per heavy atom. The van der Waals surface area contributed by atoms with Crippen LogP contribution in [0.25, 0.3) is 11.3 Å². The third kappa shape index (κ3) is 4.33. The van der Waals surface area contributed by atoms with E-state index in [4.69, 9.17) is 0 Å². The van der Waals surface area contributed by atoms with Crippen molar-refractivity contribution in [3.8, 4) is 11.3 Å². The Morgan fingerprint density at radius 1 is 1.00 bits per heavy atom. The van der Waals surface area contributed by atoms with Gasteiger partial charge in [-0.2, -0.15) is 18.2 Å². The number of pyridine rings is 1. The Bertz CT molecular complexity index is 922. The molecule has 0 amide bonds. The normalized spacial score (nSPS) is 14.0. The number of benzene rings is 1. The van der Waals surface area contributed by atoms with Gasteiger partial charge in [0, 0.05) is 35.8 Å². The minimum atomic E-state index is -4.36. The van der Waals surface area contributed by atoms with Crippen LogP contribution in [0.15, 0.2) is 54.9 Å². The molecule has 2 heterocycles. The van der Waals surface area contributed by atoms with Crippen LogP contribution >= 0.6 is 0 Å². The average Bonchev–Trinajstić information content (AvgIpc) is 3.46. The number of anilines is 3. The highest BCUT2D eigenvalue weighted by Gasteiger charge is 2.30. The molecule has 0 aliphatic heterocycles. The minimum absolute atomic E-state index is 0.369. The lowest BCUT2D eigenvalue weighted by Crippen LogP contribution is -2.08. The van der Waals surface area contributed by atoms with Crippen LogP contribution in [0.3, 0.4) is 0 Å². The molecule has 0 unspecified atom stereocenters. The molecule has 0 spiro atoms. The van der Waals surface area contributed by atoms with Crippen LogP contribution in [-0.4, -0.2) is 21.0 Å². The molecule has 4 rings (SSSR count). The summed E-state index contributed by atoms with van der Waals surface area (Å²) in [5, 5.41) is 6.30. The van der Waals surface area contributed by atoms with Gasteiger partial charge in [0.2, 0.25) is 5.95 Å². The van der Waals surface area contributed by atoms with Crippen LogP contribution in [0.5, 0.6) is 0 Å². The third-order valence-corrected chi connectivity index (χ3v) is 4.08. The fourth-order valence-corrected chi connectivity index (χ4v) is 2.54. The molecule has 3 aromatic rings. The van der Waals surface area contributed by atoms with Crippen molar-refractivity contribution in [1.29, 1.82) is 0 Å². The van der Waals surface area contributed by atoms with E-state index in [0.717, 1.165) is 30.5 Å². The van der Waals surface area contributed by atoms with Crippen LogP contribution in [0.1, 0.15) is 18.4 Å². The lowest BCUT2D eigenvalue weighted by molar-refractivity contribution is -0.137. The largest absolute Gasteiger partial charge is 0.416 e.